The van der Waals surface area contributed by atoms with E-state index in [9.17, 15) is 18.0 Å². The number of carbonyl (C=O) groups is 2. The Morgan fingerprint density at radius 1 is 0.952 bits per heavy atom. The summed E-state index contributed by atoms with van der Waals surface area (Å²) in [6.07, 6.45) is 5.54. The van der Waals surface area contributed by atoms with Crippen LogP contribution in [0.3, 0.4) is 0 Å². The fraction of sp³-hybridized carbons (Fsp3) is 0.394. The molecule has 224 valence electrons. The Hall–Kier alpha value is -3.36. The second-order valence-electron chi connectivity index (χ2n) is 11.0. The van der Waals surface area contributed by atoms with Crippen molar-refractivity contribution in [3.63, 3.8) is 0 Å². The van der Waals surface area contributed by atoms with E-state index in [0.29, 0.717) is 22.7 Å². The van der Waals surface area contributed by atoms with Crippen molar-refractivity contribution in [2.75, 3.05) is 10.8 Å². The number of nitrogens with one attached hydrogen (secondary N) is 1. The third-order valence-corrected chi connectivity index (χ3v) is 9.82. The van der Waals surface area contributed by atoms with Gasteiger partial charge in [-0.25, -0.2) is 8.42 Å². The maximum absolute atomic E-state index is 14.3. The fourth-order valence-electron chi connectivity index (χ4n) is 5.60. The number of halogens is 1. The molecule has 7 nitrogen and oxygen atoms in total. The molecule has 0 saturated heterocycles. The van der Waals surface area contributed by atoms with Gasteiger partial charge in [0.1, 0.15) is 12.6 Å². The van der Waals surface area contributed by atoms with Gasteiger partial charge in [-0.3, -0.25) is 13.9 Å². The molecule has 1 atom stereocenters. The smallest absolute Gasteiger partial charge is 0.264 e. The van der Waals surface area contributed by atoms with Gasteiger partial charge in [-0.05, 0) is 74.6 Å². The topological polar surface area (TPSA) is 86.8 Å². The fourth-order valence-corrected chi connectivity index (χ4v) is 7.33. The Morgan fingerprint density at radius 3 is 2.31 bits per heavy atom. The average Bonchev–Trinajstić information content (AvgIpc) is 2.97. The molecule has 3 aromatic rings. The van der Waals surface area contributed by atoms with Gasteiger partial charge in [-0.1, -0.05) is 85.8 Å². The largest absolute Gasteiger partial charge is 0.352 e. The molecule has 0 heterocycles. The number of aryl methyl sites for hydroxylation is 2. The molecule has 0 aromatic heterocycles. The average molecular weight is 610 g/mol. The molecule has 1 saturated carbocycles. The predicted octanol–water partition coefficient (Wildman–Crippen LogP) is 6.41. The first kappa shape index (κ1) is 31.6. The van der Waals surface area contributed by atoms with Crippen molar-refractivity contribution in [3.8, 4) is 0 Å². The summed E-state index contributed by atoms with van der Waals surface area (Å²) >= 11 is 6.20. The molecule has 0 bridgehead atoms. The molecule has 0 aliphatic heterocycles. The van der Waals surface area contributed by atoms with Crippen molar-refractivity contribution in [2.45, 2.75) is 82.8 Å². The van der Waals surface area contributed by atoms with Crippen molar-refractivity contribution in [1.29, 1.82) is 0 Å². The summed E-state index contributed by atoms with van der Waals surface area (Å²) in [6.45, 7) is 5.31. The van der Waals surface area contributed by atoms with Crippen LogP contribution in [-0.2, 0) is 26.2 Å². The Balaban J connectivity index is 1.72. The first-order valence-electron chi connectivity index (χ1n) is 14.6. The van der Waals surface area contributed by atoms with Crippen molar-refractivity contribution in [1.82, 2.24) is 10.2 Å². The first-order chi connectivity index (χ1) is 20.1. The third-order valence-electron chi connectivity index (χ3n) is 7.81. The van der Waals surface area contributed by atoms with Crippen molar-refractivity contribution in [3.05, 3.63) is 94.5 Å². The molecule has 0 spiro atoms. The van der Waals surface area contributed by atoms with Gasteiger partial charge in [0.25, 0.3) is 10.0 Å². The number of hydrogen-bond acceptors (Lipinski definition) is 4. The molecule has 4 rings (SSSR count). The standard InChI is InChI=1S/C33H40ClN3O4S/c1-4-30(33(39)35-28-14-7-5-8-15-28)36(22-26-13-11-12-24(2)20-26)32(38)23-37(31-19-18-27(34)21-25(31)3)42(40,41)29-16-9-6-10-17-29/h6,9-13,16-21,28,30H,4-5,7-8,14-15,22-23H2,1-3H3,(H,35,39)/t30-/m0/s1. The molecule has 1 aliphatic carbocycles. The highest BCUT2D eigenvalue weighted by Crippen LogP contribution is 2.29. The van der Waals surface area contributed by atoms with Crippen LogP contribution in [0.15, 0.2) is 77.7 Å². The summed E-state index contributed by atoms with van der Waals surface area (Å²) in [5, 5.41) is 3.64. The van der Waals surface area contributed by atoms with Gasteiger partial charge in [0, 0.05) is 17.6 Å². The van der Waals surface area contributed by atoms with Crippen LogP contribution in [-0.4, -0.2) is 43.8 Å². The van der Waals surface area contributed by atoms with E-state index in [2.05, 4.69) is 5.32 Å². The minimum Gasteiger partial charge on any atom is -0.352 e. The number of amides is 2. The Labute approximate surface area is 254 Å². The minimum atomic E-state index is -4.13. The Bertz CT molecular complexity index is 1490. The van der Waals surface area contributed by atoms with E-state index in [1.807, 2.05) is 38.1 Å². The molecule has 1 aliphatic rings. The Kier molecular flexibility index (Phi) is 10.7. The van der Waals surface area contributed by atoms with E-state index < -0.39 is 28.5 Å². The number of anilines is 1. The molecule has 1 N–H and O–H groups in total. The number of rotatable bonds is 11. The van der Waals surface area contributed by atoms with Gasteiger partial charge in [-0.15, -0.1) is 0 Å². The molecule has 2 amide bonds. The lowest BCUT2D eigenvalue weighted by molar-refractivity contribution is -0.140. The van der Waals surface area contributed by atoms with E-state index in [0.717, 1.165) is 47.5 Å². The number of sulfonamides is 1. The molecule has 9 heteroatoms. The van der Waals surface area contributed by atoms with Crippen LogP contribution in [0, 0.1) is 13.8 Å². The molecular weight excluding hydrogens is 570 g/mol. The predicted molar refractivity (Wildman–Crippen MR) is 168 cm³/mol. The van der Waals surface area contributed by atoms with Crippen LogP contribution < -0.4 is 9.62 Å². The quantitative estimate of drug-likeness (QED) is 0.272. The zero-order valence-corrected chi connectivity index (χ0v) is 26.1. The van der Waals surface area contributed by atoms with Gasteiger partial charge in [0.15, 0.2) is 0 Å². The number of benzene rings is 3. The van der Waals surface area contributed by atoms with Crippen LogP contribution in [0.5, 0.6) is 0 Å². The van der Waals surface area contributed by atoms with Gasteiger partial charge >= 0.3 is 0 Å². The monoisotopic (exact) mass is 609 g/mol. The molecule has 0 radical (unpaired) electrons. The first-order valence-corrected chi connectivity index (χ1v) is 16.4. The van der Waals surface area contributed by atoms with Crippen LogP contribution in [0.1, 0.15) is 62.1 Å². The van der Waals surface area contributed by atoms with Crippen LogP contribution >= 0.6 is 11.6 Å². The maximum atomic E-state index is 14.3. The van der Waals surface area contributed by atoms with Crippen molar-refractivity contribution in [2.24, 2.45) is 0 Å². The van der Waals surface area contributed by atoms with E-state index >= 15 is 0 Å². The summed E-state index contributed by atoms with van der Waals surface area (Å²) in [4.78, 5) is 29.5. The summed E-state index contributed by atoms with van der Waals surface area (Å²) in [5.74, 6) is -0.665. The highest BCUT2D eigenvalue weighted by Gasteiger charge is 2.34. The van der Waals surface area contributed by atoms with Crippen LogP contribution in [0.25, 0.3) is 0 Å². The molecule has 1 fully saturated rings. The van der Waals surface area contributed by atoms with E-state index in [-0.39, 0.29) is 23.4 Å². The second-order valence-corrected chi connectivity index (χ2v) is 13.3. The zero-order valence-electron chi connectivity index (χ0n) is 24.6. The minimum absolute atomic E-state index is 0.0690. The van der Waals surface area contributed by atoms with Crippen molar-refractivity contribution >= 4 is 39.1 Å². The Morgan fingerprint density at radius 2 is 1.67 bits per heavy atom. The van der Waals surface area contributed by atoms with Gasteiger partial charge in [-0.2, -0.15) is 0 Å². The van der Waals surface area contributed by atoms with Gasteiger partial charge in [0.05, 0.1) is 10.6 Å². The number of nitrogens with zero attached hydrogens (tertiary/aromatic N) is 2. The van der Waals surface area contributed by atoms with E-state index in [1.165, 1.54) is 17.0 Å². The summed E-state index contributed by atoms with van der Waals surface area (Å²) < 4.78 is 29.2. The zero-order chi connectivity index (χ0) is 30.3. The van der Waals surface area contributed by atoms with Crippen molar-refractivity contribution < 1.29 is 18.0 Å². The summed E-state index contributed by atoms with van der Waals surface area (Å²) in [5.41, 5.74) is 2.87. The number of carbonyl (C=O) groups excluding carboxylic acids is 2. The van der Waals surface area contributed by atoms with Crippen LogP contribution in [0.4, 0.5) is 5.69 Å². The second kappa shape index (κ2) is 14.2. The van der Waals surface area contributed by atoms with E-state index in [1.54, 1.807) is 43.3 Å². The highest BCUT2D eigenvalue weighted by atomic mass is 35.5. The van der Waals surface area contributed by atoms with E-state index in [4.69, 9.17) is 11.6 Å². The molecule has 0 unspecified atom stereocenters. The maximum Gasteiger partial charge on any atom is 0.264 e. The SMILES string of the molecule is CC[C@@H](C(=O)NC1CCCCC1)N(Cc1cccc(C)c1)C(=O)CN(c1ccc(Cl)cc1C)S(=O)(=O)c1ccccc1. The third kappa shape index (κ3) is 7.72. The highest BCUT2D eigenvalue weighted by molar-refractivity contribution is 7.92. The summed E-state index contributed by atoms with van der Waals surface area (Å²) in [6, 6.07) is 20.1. The lowest BCUT2D eigenvalue weighted by Crippen LogP contribution is -2.54. The molecular formula is C33H40ClN3O4S. The lowest BCUT2D eigenvalue weighted by Gasteiger charge is -2.34. The molecule has 3 aromatic carbocycles. The van der Waals surface area contributed by atoms with Gasteiger partial charge < -0.3 is 10.2 Å². The number of hydrogen-bond donors (Lipinski definition) is 1. The summed E-state index contributed by atoms with van der Waals surface area (Å²) in [7, 11) is -4.13. The van der Waals surface area contributed by atoms with Crippen LogP contribution in [0.2, 0.25) is 5.02 Å². The lowest BCUT2D eigenvalue weighted by atomic mass is 9.95. The normalized spacial score (nSPS) is 14.7. The molecule has 42 heavy (non-hydrogen) atoms. The van der Waals surface area contributed by atoms with Gasteiger partial charge in [0.2, 0.25) is 11.8 Å².